The fourth-order valence-electron chi connectivity index (χ4n) is 3.77. The van der Waals surface area contributed by atoms with Crippen LogP contribution in [0.2, 0.25) is 0 Å². The minimum Gasteiger partial charge on any atom is -0.373 e. The van der Waals surface area contributed by atoms with E-state index in [0.29, 0.717) is 25.1 Å². The van der Waals surface area contributed by atoms with Crippen LogP contribution < -0.4 is 10.6 Å². The van der Waals surface area contributed by atoms with Gasteiger partial charge in [0.2, 0.25) is 0 Å². The third kappa shape index (κ3) is 4.32. The Labute approximate surface area is 176 Å². The largest absolute Gasteiger partial charge is 0.373 e. The van der Waals surface area contributed by atoms with Crippen LogP contribution in [-0.2, 0) is 0 Å². The quantitative estimate of drug-likeness (QED) is 0.722. The molecule has 2 aliphatic rings. The number of nitrogens with zero attached hydrogens (tertiary/aromatic N) is 5. The summed E-state index contributed by atoms with van der Waals surface area (Å²) >= 11 is 0. The second-order valence-electron chi connectivity index (χ2n) is 7.36. The molecule has 2 atom stereocenters. The normalized spacial score (nSPS) is 19.8. The molecule has 0 spiro atoms. The molecule has 164 valence electrons. The smallest absolute Gasteiger partial charge is 0.341 e. The second kappa shape index (κ2) is 8.52. The highest BCUT2D eigenvalue weighted by Crippen LogP contribution is 2.31. The summed E-state index contributed by atoms with van der Waals surface area (Å²) in [5.41, 5.74) is 6.12. The number of piperazine rings is 1. The van der Waals surface area contributed by atoms with Crippen molar-refractivity contribution in [1.29, 1.82) is 0 Å². The number of amides is 2. The summed E-state index contributed by atoms with van der Waals surface area (Å²) in [5, 5.41) is 14.8. The van der Waals surface area contributed by atoms with E-state index in [1.807, 2.05) is 0 Å². The molecule has 11 heteroatoms. The van der Waals surface area contributed by atoms with Gasteiger partial charge in [0.25, 0.3) is 0 Å². The first-order valence-electron chi connectivity index (χ1n) is 9.74. The molecular weight excluding hydrogens is 413 g/mol. The van der Waals surface area contributed by atoms with Gasteiger partial charge in [0.05, 0.1) is 23.6 Å². The molecule has 0 saturated carbocycles. The predicted octanol–water partition coefficient (Wildman–Crippen LogP) is 2.12. The lowest BCUT2D eigenvalue weighted by molar-refractivity contribution is 0.139. The van der Waals surface area contributed by atoms with E-state index in [0.717, 1.165) is 12.3 Å². The van der Waals surface area contributed by atoms with Crippen molar-refractivity contribution in [3.63, 3.8) is 0 Å². The van der Waals surface area contributed by atoms with Crippen LogP contribution in [0.3, 0.4) is 0 Å². The maximum atomic E-state index is 14.2. The Balaban J connectivity index is 1.45. The number of urea groups is 1. The van der Waals surface area contributed by atoms with E-state index in [2.05, 4.69) is 10.1 Å². The first-order chi connectivity index (χ1) is 14.8. The summed E-state index contributed by atoms with van der Waals surface area (Å²) in [4.78, 5) is 20.1. The van der Waals surface area contributed by atoms with Crippen molar-refractivity contribution in [3.05, 3.63) is 59.2 Å². The number of benzene rings is 1. The standard InChI is InChI=1S/C20H21F3N6O2/c21-13-7-12(8-14(22)9-13)17-1-2-26-29(17)20(31)28-5-3-27(4-6-28)18-10-16(19(24)30)25-11-15(18)23/h2,7-11,17,19,30H,1,3-6,24H2/t17-,19?/m0/s1. The fraction of sp³-hybridized carbons (Fsp3) is 0.350. The zero-order chi connectivity index (χ0) is 22.1. The zero-order valence-corrected chi connectivity index (χ0v) is 16.5. The molecule has 3 heterocycles. The lowest BCUT2D eigenvalue weighted by atomic mass is 10.0. The van der Waals surface area contributed by atoms with Crippen LogP contribution in [0.1, 0.15) is 29.9 Å². The van der Waals surface area contributed by atoms with Gasteiger partial charge in [-0.05, 0) is 23.8 Å². The molecule has 3 N–H and O–H groups in total. The van der Waals surface area contributed by atoms with Crippen LogP contribution in [0.4, 0.5) is 23.7 Å². The Kier molecular flexibility index (Phi) is 5.79. The van der Waals surface area contributed by atoms with E-state index in [1.165, 1.54) is 29.4 Å². The van der Waals surface area contributed by atoms with Gasteiger partial charge in [0.15, 0.2) is 5.82 Å². The first-order valence-corrected chi connectivity index (χ1v) is 9.74. The number of hydrogen-bond acceptors (Lipinski definition) is 6. The van der Waals surface area contributed by atoms with Crippen molar-refractivity contribution < 1.29 is 23.1 Å². The second-order valence-corrected chi connectivity index (χ2v) is 7.36. The molecule has 1 unspecified atom stereocenters. The van der Waals surface area contributed by atoms with Gasteiger partial charge in [0, 0.05) is 44.9 Å². The van der Waals surface area contributed by atoms with Crippen molar-refractivity contribution in [1.82, 2.24) is 14.9 Å². The van der Waals surface area contributed by atoms with E-state index >= 15 is 0 Å². The summed E-state index contributed by atoms with van der Waals surface area (Å²) in [7, 11) is 0. The van der Waals surface area contributed by atoms with Crippen LogP contribution >= 0.6 is 0 Å². The molecule has 0 radical (unpaired) electrons. The number of anilines is 1. The highest BCUT2D eigenvalue weighted by Gasteiger charge is 2.34. The summed E-state index contributed by atoms with van der Waals surface area (Å²) < 4.78 is 41.5. The lowest BCUT2D eigenvalue weighted by Crippen LogP contribution is -2.52. The van der Waals surface area contributed by atoms with Gasteiger partial charge in [-0.25, -0.2) is 23.0 Å². The van der Waals surface area contributed by atoms with E-state index in [-0.39, 0.29) is 24.5 Å². The Bertz CT molecular complexity index is 990. The van der Waals surface area contributed by atoms with Crippen LogP contribution in [0.25, 0.3) is 0 Å². The highest BCUT2D eigenvalue weighted by molar-refractivity contribution is 5.78. The van der Waals surface area contributed by atoms with Crippen LogP contribution in [0, 0.1) is 17.5 Å². The molecule has 8 nitrogen and oxygen atoms in total. The summed E-state index contributed by atoms with van der Waals surface area (Å²) in [6.45, 7) is 1.25. The van der Waals surface area contributed by atoms with E-state index in [4.69, 9.17) is 5.73 Å². The molecule has 2 amide bonds. The summed E-state index contributed by atoms with van der Waals surface area (Å²) in [5.74, 6) is -1.99. The van der Waals surface area contributed by atoms with E-state index in [9.17, 15) is 23.1 Å². The fourth-order valence-corrected chi connectivity index (χ4v) is 3.77. The number of nitrogens with two attached hydrogens (primary N) is 1. The maximum absolute atomic E-state index is 14.2. The highest BCUT2D eigenvalue weighted by atomic mass is 19.1. The predicted molar refractivity (Wildman–Crippen MR) is 107 cm³/mol. The monoisotopic (exact) mass is 434 g/mol. The average Bonchev–Trinajstić information content (AvgIpc) is 3.23. The number of rotatable bonds is 3. The number of halogens is 3. The minimum absolute atomic E-state index is 0.145. The number of aromatic nitrogens is 1. The van der Waals surface area contributed by atoms with Gasteiger partial charge in [0.1, 0.15) is 17.9 Å². The molecule has 2 aromatic rings. The summed E-state index contributed by atoms with van der Waals surface area (Å²) in [6, 6.07) is 3.56. The minimum atomic E-state index is -1.32. The molecule has 31 heavy (non-hydrogen) atoms. The Morgan fingerprint density at radius 3 is 2.42 bits per heavy atom. The van der Waals surface area contributed by atoms with E-state index in [1.54, 1.807) is 9.80 Å². The molecule has 0 bridgehead atoms. The number of aliphatic hydroxyl groups is 1. The SMILES string of the molecule is NC(O)c1cc(N2CCN(C(=O)N3N=CC[C@H]3c3cc(F)cc(F)c3)CC2)c(F)cn1. The number of pyridine rings is 1. The average molecular weight is 434 g/mol. The van der Waals surface area contributed by atoms with Gasteiger partial charge in [-0.2, -0.15) is 5.10 Å². The molecule has 4 rings (SSSR count). The van der Waals surface area contributed by atoms with Crippen molar-refractivity contribution in [2.45, 2.75) is 18.7 Å². The van der Waals surface area contributed by atoms with Gasteiger partial charge in [-0.15, -0.1) is 0 Å². The molecular formula is C20H21F3N6O2. The lowest BCUT2D eigenvalue weighted by Gasteiger charge is -2.38. The van der Waals surface area contributed by atoms with Gasteiger partial charge in [-0.1, -0.05) is 0 Å². The van der Waals surface area contributed by atoms with Crippen LogP contribution in [0.15, 0.2) is 35.6 Å². The van der Waals surface area contributed by atoms with Crippen molar-refractivity contribution in [2.75, 3.05) is 31.1 Å². The zero-order valence-electron chi connectivity index (χ0n) is 16.5. The van der Waals surface area contributed by atoms with Crippen LogP contribution in [-0.4, -0.2) is 58.4 Å². The number of hydrogen-bond donors (Lipinski definition) is 2. The molecule has 1 aromatic carbocycles. The Morgan fingerprint density at radius 2 is 1.77 bits per heavy atom. The molecule has 1 fully saturated rings. The van der Waals surface area contributed by atoms with Gasteiger partial charge >= 0.3 is 6.03 Å². The van der Waals surface area contributed by atoms with Gasteiger partial charge < -0.3 is 20.6 Å². The Hall–Kier alpha value is -3.18. The number of hydrazone groups is 1. The topological polar surface area (TPSA) is 98.3 Å². The number of carbonyl (C=O) groups excluding carboxylic acids is 1. The van der Waals surface area contributed by atoms with Crippen molar-refractivity contribution >= 4 is 17.9 Å². The van der Waals surface area contributed by atoms with Crippen LogP contribution in [0.5, 0.6) is 0 Å². The van der Waals surface area contributed by atoms with Crippen molar-refractivity contribution in [2.24, 2.45) is 10.8 Å². The Morgan fingerprint density at radius 1 is 1.10 bits per heavy atom. The third-order valence-corrected chi connectivity index (χ3v) is 5.35. The number of carbonyl (C=O) groups is 1. The molecule has 1 saturated heterocycles. The van der Waals surface area contributed by atoms with Gasteiger partial charge in [-0.3, -0.25) is 4.98 Å². The maximum Gasteiger partial charge on any atom is 0.341 e. The number of aliphatic hydroxyl groups excluding tert-OH is 1. The van der Waals surface area contributed by atoms with Crippen molar-refractivity contribution in [3.8, 4) is 0 Å². The van der Waals surface area contributed by atoms with E-state index < -0.39 is 35.8 Å². The first kappa shape index (κ1) is 21.1. The molecule has 2 aliphatic heterocycles. The molecule has 1 aromatic heterocycles. The molecule has 0 aliphatic carbocycles. The third-order valence-electron chi connectivity index (χ3n) is 5.35. The summed E-state index contributed by atoms with van der Waals surface area (Å²) in [6.07, 6.45) is 1.56.